The lowest BCUT2D eigenvalue weighted by atomic mass is 9.98. The van der Waals surface area contributed by atoms with Crippen molar-refractivity contribution in [1.29, 1.82) is 0 Å². The summed E-state index contributed by atoms with van der Waals surface area (Å²) in [5.74, 6) is -0.239. The molecule has 1 aliphatic heterocycles. The number of ether oxygens (including phenoxy) is 3. The number of carbonyl (C=O) groups excluding carboxylic acids is 3. The molecule has 0 radical (unpaired) electrons. The van der Waals surface area contributed by atoms with Crippen LogP contribution in [0.4, 0.5) is 9.59 Å². The summed E-state index contributed by atoms with van der Waals surface area (Å²) < 4.78 is 16.9. The molecule has 3 aromatic rings. The van der Waals surface area contributed by atoms with Crippen LogP contribution in [0, 0.1) is 0 Å². The summed E-state index contributed by atoms with van der Waals surface area (Å²) in [7, 11) is 0. The van der Waals surface area contributed by atoms with Gasteiger partial charge >= 0.3 is 12.2 Å². The van der Waals surface area contributed by atoms with Gasteiger partial charge in [0.15, 0.2) is 0 Å². The van der Waals surface area contributed by atoms with Crippen LogP contribution >= 0.6 is 0 Å². The minimum Gasteiger partial charge on any atom is -0.449 e. The zero-order valence-electron chi connectivity index (χ0n) is 26.7. The number of rotatable bonds is 14. The van der Waals surface area contributed by atoms with Crippen LogP contribution < -0.4 is 5.32 Å². The maximum absolute atomic E-state index is 13.7. The molecule has 5 rings (SSSR count). The number of benzene rings is 3. The van der Waals surface area contributed by atoms with Gasteiger partial charge in [-0.3, -0.25) is 4.79 Å². The highest BCUT2D eigenvalue weighted by atomic mass is 16.6. The molecule has 0 spiro atoms. The van der Waals surface area contributed by atoms with Gasteiger partial charge in [-0.05, 0) is 53.5 Å². The van der Waals surface area contributed by atoms with E-state index in [0.29, 0.717) is 58.8 Å². The molecular weight excluding hydrogens is 582 g/mol. The first-order chi connectivity index (χ1) is 22.5. The van der Waals surface area contributed by atoms with E-state index in [2.05, 4.69) is 29.6 Å². The molecule has 9 heteroatoms. The second-order valence-electron chi connectivity index (χ2n) is 11.8. The first kappa shape index (κ1) is 33.0. The summed E-state index contributed by atoms with van der Waals surface area (Å²) in [6.45, 7) is 5.25. The number of nitrogens with zero attached hydrogens (tertiary/aromatic N) is 2. The minimum absolute atomic E-state index is 0.0702. The van der Waals surface area contributed by atoms with E-state index in [1.54, 1.807) is 9.80 Å². The van der Waals surface area contributed by atoms with E-state index in [1.165, 1.54) is 0 Å². The third kappa shape index (κ3) is 8.66. The molecule has 1 heterocycles. The number of unbranched alkanes of at least 4 members (excludes halogenated alkanes) is 2. The summed E-state index contributed by atoms with van der Waals surface area (Å²) in [4.78, 5) is 42.6. The summed E-state index contributed by atoms with van der Waals surface area (Å²) in [6, 6.07) is 25.6. The molecule has 1 N–H and O–H groups in total. The molecule has 3 amide bonds. The Labute approximate surface area is 271 Å². The van der Waals surface area contributed by atoms with E-state index in [-0.39, 0.29) is 24.5 Å². The Morgan fingerprint density at radius 1 is 0.761 bits per heavy atom. The number of alkyl carbamates (subject to hydrolysis) is 1. The fourth-order valence-corrected chi connectivity index (χ4v) is 6.08. The van der Waals surface area contributed by atoms with Crippen LogP contribution in [0.5, 0.6) is 0 Å². The van der Waals surface area contributed by atoms with Crippen LogP contribution in [0.25, 0.3) is 11.1 Å². The van der Waals surface area contributed by atoms with Crippen molar-refractivity contribution >= 4 is 18.1 Å². The number of piperazine rings is 1. The molecule has 0 bridgehead atoms. The van der Waals surface area contributed by atoms with Crippen molar-refractivity contribution in [2.24, 2.45) is 0 Å². The summed E-state index contributed by atoms with van der Waals surface area (Å²) in [6.07, 6.45) is 2.72. The predicted molar refractivity (Wildman–Crippen MR) is 176 cm³/mol. The van der Waals surface area contributed by atoms with E-state index >= 15 is 0 Å². The highest BCUT2D eigenvalue weighted by Gasteiger charge is 2.32. The van der Waals surface area contributed by atoms with E-state index in [1.807, 2.05) is 61.5 Å². The molecule has 0 saturated carbocycles. The number of hydrogen-bond donors (Lipinski definition) is 1. The molecule has 0 aromatic heterocycles. The largest absolute Gasteiger partial charge is 0.449 e. The van der Waals surface area contributed by atoms with Crippen molar-refractivity contribution in [1.82, 2.24) is 15.1 Å². The number of amides is 3. The Hall–Kier alpha value is -4.37. The minimum atomic E-state index is -0.743. The van der Waals surface area contributed by atoms with Crippen molar-refractivity contribution in [2.45, 2.75) is 57.6 Å². The van der Waals surface area contributed by atoms with Gasteiger partial charge in [0.2, 0.25) is 5.91 Å². The normalized spacial score (nSPS) is 14.7. The van der Waals surface area contributed by atoms with E-state index in [4.69, 9.17) is 14.2 Å². The third-order valence-electron chi connectivity index (χ3n) is 8.65. The van der Waals surface area contributed by atoms with E-state index in [0.717, 1.165) is 47.1 Å². The van der Waals surface area contributed by atoms with Gasteiger partial charge in [-0.1, -0.05) is 92.2 Å². The van der Waals surface area contributed by atoms with Gasteiger partial charge in [-0.15, -0.1) is 0 Å². The average molecular weight is 628 g/mol. The Morgan fingerprint density at radius 3 is 2.07 bits per heavy atom. The molecule has 244 valence electrons. The van der Waals surface area contributed by atoms with Gasteiger partial charge < -0.3 is 29.3 Å². The van der Waals surface area contributed by atoms with Crippen molar-refractivity contribution in [3.8, 4) is 11.1 Å². The van der Waals surface area contributed by atoms with E-state index in [9.17, 15) is 14.4 Å². The highest BCUT2D eigenvalue weighted by molar-refractivity contribution is 5.86. The van der Waals surface area contributed by atoms with Crippen molar-refractivity contribution in [2.75, 3.05) is 46.0 Å². The molecule has 1 aliphatic carbocycles. The molecule has 2 aliphatic rings. The second kappa shape index (κ2) is 16.8. The highest BCUT2D eigenvalue weighted by Crippen LogP contribution is 2.44. The standard InChI is InChI=1S/C37H45N3O6/c1-2-3-25-45-37(43)40-22-20-39(21-23-40)35(41)34(19-11-12-24-44-26-28-13-5-4-6-14-28)38-36(42)46-27-33-31-17-9-7-15-29(31)30-16-8-10-18-32(30)33/h4-10,13-18,33-34H,2-3,11-12,19-27H2,1H3,(H,38,42)/t34-/m0/s1. The molecule has 1 fully saturated rings. The van der Waals surface area contributed by atoms with Crippen molar-refractivity contribution < 1.29 is 28.6 Å². The zero-order chi connectivity index (χ0) is 32.1. The molecular formula is C37H45N3O6. The number of fused-ring (bicyclic) bond motifs is 3. The lowest BCUT2D eigenvalue weighted by molar-refractivity contribution is -0.135. The van der Waals surface area contributed by atoms with Crippen LogP contribution in [0.2, 0.25) is 0 Å². The fraction of sp³-hybridized carbons (Fsp3) is 0.432. The van der Waals surface area contributed by atoms with Crippen LogP contribution in [0.15, 0.2) is 78.9 Å². The summed E-state index contributed by atoms with van der Waals surface area (Å²) in [5.41, 5.74) is 5.68. The molecule has 46 heavy (non-hydrogen) atoms. The molecule has 1 atom stereocenters. The topological polar surface area (TPSA) is 97.4 Å². The van der Waals surface area contributed by atoms with Gasteiger partial charge in [0.25, 0.3) is 0 Å². The lowest BCUT2D eigenvalue weighted by Crippen LogP contribution is -2.56. The second-order valence-corrected chi connectivity index (χ2v) is 11.8. The van der Waals surface area contributed by atoms with Gasteiger partial charge in [0, 0.05) is 38.7 Å². The zero-order valence-corrected chi connectivity index (χ0v) is 26.7. The van der Waals surface area contributed by atoms with Crippen LogP contribution in [0.1, 0.15) is 61.6 Å². The van der Waals surface area contributed by atoms with Crippen molar-refractivity contribution in [3.05, 3.63) is 95.6 Å². The van der Waals surface area contributed by atoms with Crippen LogP contribution in [0.3, 0.4) is 0 Å². The van der Waals surface area contributed by atoms with Crippen LogP contribution in [-0.2, 0) is 25.6 Å². The number of nitrogens with one attached hydrogen (secondary N) is 1. The van der Waals surface area contributed by atoms with Gasteiger partial charge in [0.05, 0.1) is 13.2 Å². The third-order valence-corrected chi connectivity index (χ3v) is 8.65. The fourth-order valence-electron chi connectivity index (χ4n) is 6.08. The number of carbonyl (C=O) groups is 3. The quantitative estimate of drug-likeness (QED) is 0.209. The van der Waals surface area contributed by atoms with Crippen LogP contribution in [-0.4, -0.2) is 79.9 Å². The molecule has 1 saturated heterocycles. The average Bonchev–Trinajstić information content (AvgIpc) is 3.42. The lowest BCUT2D eigenvalue weighted by Gasteiger charge is -2.36. The molecule has 0 unspecified atom stereocenters. The number of hydrogen-bond acceptors (Lipinski definition) is 6. The van der Waals surface area contributed by atoms with Gasteiger partial charge in [0.1, 0.15) is 12.6 Å². The smallest absolute Gasteiger partial charge is 0.409 e. The van der Waals surface area contributed by atoms with Gasteiger partial charge in [-0.25, -0.2) is 9.59 Å². The summed E-state index contributed by atoms with van der Waals surface area (Å²) in [5, 5.41) is 2.87. The van der Waals surface area contributed by atoms with E-state index < -0.39 is 12.1 Å². The first-order valence-electron chi connectivity index (χ1n) is 16.5. The summed E-state index contributed by atoms with van der Waals surface area (Å²) >= 11 is 0. The Morgan fingerprint density at radius 2 is 1.39 bits per heavy atom. The Bertz CT molecular complexity index is 1390. The maximum Gasteiger partial charge on any atom is 0.409 e. The van der Waals surface area contributed by atoms with Crippen molar-refractivity contribution in [3.63, 3.8) is 0 Å². The SMILES string of the molecule is CCCCOC(=O)N1CCN(C(=O)[C@H](CCCCOCc2ccccc2)NC(=O)OCC2c3ccccc3-c3ccccc32)CC1. The molecule has 3 aromatic carbocycles. The monoisotopic (exact) mass is 627 g/mol. The molecule has 9 nitrogen and oxygen atoms in total. The van der Waals surface area contributed by atoms with Gasteiger partial charge in [-0.2, -0.15) is 0 Å². The Balaban J connectivity index is 1.15. The maximum atomic E-state index is 13.7. The predicted octanol–water partition coefficient (Wildman–Crippen LogP) is 6.36. The Kier molecular flexibility index (Phi) is 12.1. The first-order valence-corrected chi connectivity index (χ1v) is 16.5.